The van der Waals surface area contributed by atoms with Crippen molar-refractivity contribution in [2.45, 2.75) is 0 Å². The van der Waals surface area contributed by atoms with Crippen LogP contribution in [0.15, 0.2) is 29.1 Å². The third-order valence-corrected chi connectivity index (χ3v) is 6.78. The van der Waals surface area contributed by atoms with Crippen molar-refractivity contribution in [2.24, 2.45) is 0 Å². The highest BCUT2D eigenvalue weighted by Gasteiger charge is 2.26. The molecule has 0 aromatic carbocycles. The summed E-state index contributed by atoms with van der Waals surface area (Å²) in [7, 11) is 0. The van der Waals surface area contributed by atoms with E-state index in [1.807, 2.05) is 0 Å². The summed E-state index contributed by atoms with van der Waals surface area (Å²) in [5, 5.41) is 20.7. The molecule has 0 aromatic rings. The molecule has 0 amide bonds. The van der Waals surface area contributed by atoms with Gasteiger partial charge in [-0.05, 0) is 10.8 Å². The van der Waals surface area contributed by atoms with Gasteiger partial charge in [-0.1, -0.05) is 47.0 Å². The molecule has 0 saturated heterocycles. The van der Waals surface area contributed by atoms with Crippen molar-refractivity contribution in [1.29, 1.82) is 0 Å². The van der Waals surface area contributed by atoms with Gasteiger partial charge in [-0.25, -0.2) is 9.59 Å². The minimum absolute atomic E-state index is 0.275. The molecule has 0 fully saturated rings. The number of aliphatic carboxylic acids is 2. The maximum absolute atomic E-state index is 10.7. The van der Waals surface area contributed by atoms with E-state index in [0.717, 1.165) is 8.47 Å². The van der Waals surface area contributed by atoms with Crippen molar-refractivity contribution < 1.29 is 19.8 Å². The number of hydrogen-bond acceptors (Lipinski definition) is 6. The van der Waals surface area contributed by atoms with E-state index in [4.69, 9.17) is 10.2 Å². The van der Waals surface area contributed by atoms with Crippen LogP contribution in [-0.4, -0.2) is 22.2 Å². The number of rotatable bonds is 2. The van der Waals surface area contributed by atoms with Crippen molar-refractivity contribution >= 4 is 59.0 Å². The molecule has 0 spiro atoms. The topological polar surface area (TPSA) is 74.6 Å². The van der Waals surface area contributed by atoms with Crippen LogP contribution in [0.1, 0.15) is 0 Å². The van der Waals surface area contributed by atoms with Crippen LogP contribution < -0.4 is 0 Å². The number of hydrogen-bond donors (Lipinski definition) is 2. The van der Waals surface area contributed by atoms with Crippen LogP contribution in [0, 0.1) is 0 Å². The molecule has 0 aromatic heterocycles. The van der Waals surface area contributed by atoms with Gasteiger partial charge in [0.05, 0.1) is 8.47 Å². The van der Waals surface area contributed by atoms with Crippen LogP contribution in [0.5, 0.6) is 0 Å². The molecule has 8 heteroatoms. The fourth-order valence-electron chi connectivity index (χ4n) is 0.878. The summed E-state index contributed by atoms with van der Waals surface area (Å²) in [5.41, 5.74) is 0. The number of carboxylic acid groups (broad SMARTS) is 2. The highest BCUT2D eigenvalue weighted by atomic mass is 32.2. The molecule has 0 unspecified atom stereocenters. The van der Waals surface area contributed by atoms with Crippen molar-refractivity contribution in [3.63, 3.8) is 0 Å². The summed E-state index contributed by atoms with van der Waals surface area (Å²) in [5.74, 6) is -1.90. The van der Waals surface area contributed by atoms with Gasteiger partial charge in [0.1, 0.15) is 9.81 Å². The first-order valence-corrected chi connectivity index (χ1v) is 7.27. The summed E-state index contributed by atoms with van der Waals surface area (Å²) in [6.45, 7) is 0. The van der Waals surface area contributed by atoms with Gasteiger partial charge in [-0.15, -0.1) is 0 Å². The van der Waals surface area contributed by atoms with Crippen LogP contribution >= 0.6 is 47.0 Å². The van der Waals surface area contributed by atoms with Gasteiger partial charge < -0.3 is 10.2 Å². The summed E-state index contributed by atoms with van der Waals surface area (Å²) in [6, 6.07) is 0. The molecule has 0 atom stereocenters. The Morgan fingerprint density at radius 1 is 0.875 bits per heavy atom. The van der Waals surface area contributed by atoms with Crippen molar-refractivity contribution in [1.82, 2.24) is 0 Å². The van der Waals surface area contributed by atoms with E-state index in [2.05, 4.69) is 0 Å². The molecule has 2 aliphatic heterocycles. The van der Waals surface area contributed by atoms with Crippen molar-refractivity contribution in [3.05, 3.63) is 29.1 Å². The Bertz CT molecular complexity index is 421. The molecule has 0 radical (unpaired) electrons. The molecule has 0 bridgehead atoms. The van der Waals surface area contributed by atoms with Gasteiger partial charge in [0, 0.05) is 0 Å². The lowest BCUT2D eigenvalue weighted by Gasteiger charge is -2.00. The Morgan fingerprint density at radius 2 is 1.25 bits per heavy atom. The van der Waals surface area contributed by atoms with E-state index in [0.29, 0.717) is 0 Å². The first kappa shape index (κ1) is 12.0. The summed E-state index contributed by atoms with van der Waals surface area (Å²) < 4.78 is 1.67. The molecular formula is C8H4O4S4. The van der Waals surface area contributed by atoms with Gasteiger partial charge in [-0.3, -0.25) is 0 Å². The number of carboxylic acids is 2. The molecule has 16 heavy (non-hydrogen) atoms. The van der Waals surface area contributed by atoms with Gasteiger partial charge in [0.2, 0.25) is 0 Å². The average molecular weight is 292 g/mol. The predicted octanol–water partition coefficient (Wildman–Crippen LogP) is 2.93. The van der Waals surface area contributed by atoms with Crippen molar-refractivity contribution in [3.8, 4) is 0 Å². The maximum Gasteiger partial charge on any atom is 0.343 e. The zero-order chi connectivity index (χ0) is 11.7. The SMILES string of the molecule is O=C(O)C1=CS/C(=C2\SC=C(C(=O)O)S2)S1. The molecule has 2 rings (SSSR count). The fourth-order valence-corrected chi connectivity index (χ4v) is 5.40. The van der Waals surface area contributed by atoms with Gasteiger partial charge in [0.15, 0.2) is 0 Å². The molecule has 0 saturated carbocycles. The van der Waals surface area contributed by atoms with Crippen LogP contribution in [0.4, 0.5) is 0 Å². The summed E-state index contributed by atoms with van der Waals surface area (Å²) >= 11 is 4.98. The van der Waals surface area contributed by atoms with Crippen LogP contribution in [0.2, 0.25) is 0 Å². The quantitative estimate of drug-likeness (QED) is 0.804. The second kappa shape index (κ2) is 4.82. The predicted molar refractivity (Wildman–Crippen MR) is 68.8 cm³/mol. The molecular weight excluding hydrogens is 288 g/mol. The molecule has 0 aliphatic carbocycles. The molecule has 4 nitrogen and oxygen atoms in total. The Morgan fingerprint density at radius 3 is 1.50 bits per heavy atom. The maximum atomic E-state index is 10.7. The monoisotopic (exact) mass is 292 g/mol. The highest BCUT2D eigenvalue weighted by molar-refractivity contribution is 8.34. The normalized spacial score (nSPS) is 24.2. The first-order chi connectivity index (χ1) is 7.58. The van der Waals surface area contributed by atoms with Gasteiger partial charge in [-0.2, -0.15) is 0 Å². The molecule has 2 N–H and O–H groups in total. The van der Waals surface area contributed by atoms with E-state index in [9.17, 15) is 9.59 Å². The smallest absolute Gasteiger partial charge is 0.343 e. The Balaban J connectivity index is 2.07. The third kappa shape index (κ3) is 2.45. The lowest BCUT2D eigenvalue weighted by molar-refractivity contribution is -0.132. The molecule has 84 valence electrons. The Hall–Kier alpha value is -0.440. The zero-order valence-electron chi connectivity index (χ0n) is 7.50. The third-order valence-electron chi connectivity index (χ3n) is 1.54. The lowest BCUT2D eigenvalue weighted by Crippen LogP contribution is -1.93. The first-order valence-electron chi connectivity index (χ1n) is 3.88. The Labute approximate surface area is 108 Å². The van der Waals surface area contributed by atoms with Crippen LogP contribution in [-0.2, 0) is 9.59 Å². The lowest BCUT2D eigenvalue weighted by atomic mass is 10.7. The second-order valence-electron chi connectivity index (χ2n) is 2.59. The zero-order valence-corrected chi connectivity index (χ0v) is 10.8. The van der Waals surface area contributed by atoms with E-state index >= 15 is 0 Å². The van der Waals surface area contributed by atoms with Crippen LogP contribution in [0.3, 0.4) is 0 Å². The fraction of sp³-hybridized carbons (Fsp3) is 0. The van der Waals surface area contributed by atoms with Gasteiger partial charge >= 0.3 is 11.9 Å². The minimum atomic E-state index is -0.951. The van der Waals surface area contributed by atoms with Crippen LogP contribution in [0.25, 0.3) is 0 Å². The Kier molecular flexibility index (Phi) is 3.63. The average Bonchev–Trinajstić information content (AvgIpc) is 2.86. The molecule has 2 heterocycles. The van der Waals surface area contributed by atoms with E-state index in [1.165, 1.54) is 47.0 Å². The number of thioether (sulfide) groups is 4. The summed E-state index contributed by atoms with van der Waals surface area (Å²) in [6.07, 6.45) is 0. The van der Waals surface area contributed by atoms with E-state index in [-0.39, 0.29) is 9.81 Å². The molecule has 2 aliphatic rings. The second-order valence-corrected chi connectivity index (χ2v) is 6.97. The van der Waals surface area contributed by atoms with Gasteiger partial charge in [0.25, 0.3) is 0 Å². The summed E-state index contributed by atoms with van der Waals surface area (Å²) in [4.78, 5) is 21.9. The van der Waals surface area contributed by atoms with Crippen molar-refractivity contribution in [2.75, 3.05) is 0 Å². The standard InChI is InChI=1S/C8H4O4S4/c9-5(10)3-1-13-7(15-3)8-14-2-4(16-8)6(11)12/h1-2H,(H,9,10)(H,11,12)/b8-7-. The minimum Gasteiger partial charge on any atom is -0.477 e. The number of carbonyl (C=O) groups is 2. The largest absolute Gasteiger partial charge is 0.477 e. The van der Waals surface area contributed by atoms with E-state index in [1.54, 1.807) is 10.8 Å². The highest BCUT2D eigenvalue weighted by Crippen LogP contribution is 2.55. The van der Waals surface area contributed by atoms with E-state index < -0.39 is 11.9 Å².